The third-order valence-corrected chi connectivity index (χ3v) is 3.67. The summed E-state index contributed by atoms with van der Waals surface area (Å²) in [5, 5.41) is 6.09. The molecule has 0 aliphatic carbocycles. The monoisotopic (exact) mass is 246 g/mol. The molecule has 0 aromatic heterocycles. The Balaban J connectivity index is 1.98. The third kappa shape index (κ3) is 1.57. The number of hydrogen-bond acceptors (Lipinski definition) is 2. The van der Waals surface area contributed by atoms with Crippen LogP contribution in [0.1, 0.15) is 0 Å². The zero-order chi connectivity index (χ0) is 12.7. The molecule has 0 amide bonds. The zero-order valence-corrected chi connectivity index (χ0v) is 10.5. The molecule has 3 aromatic carbocycles. The molecule has 0 atom stereocenters. The molecule has 1 heterocycles. The van der Waals surface area contributed by atoms with Crippen molar-refractivity contribution in [3.05, 3.63) is 66.7 Å². The summed E-state index contributed by atoms with van der Waals surface area (Å²) in [5.41, 5.74) is 3.72. The molecule has 92 valence electrons. The SMILES string of the molecule is c1ccc(N2CNc3cccc4cccc2c34)cc1. The van der Waals surface area contributed by atoms with E-state index in [1.54, 1.807) is 0 Å². The molecule has 1 aliphatic rings. The summed E-state index contributed by atoms with van der Waals surface area (Å²) in [6.45, 7) is 0.806. The first-order chi connectivity index (χ1) is 9.43. The average Bonchev–Trinajstić information content (AvgIpc) is 2.49. The average molecular weight is 246 g/mol. The van der Waals surface area contributed by atoms with Gasteiger partial charge in [-0.15, -0.1) is 0 Å². The molecule has 2 heteroatoms. The van der Waals surface area contributed by atoms with Crippen LogP contribution in [-0.2, 0) is 0 Å². The van der Waals surface area contributed by atoms with Gasteiger partial charge in [-0.2, -0.15) is 0 Å². The summed E-state index contributed by atoms with van der Waals surface area (Å²) in [6.07, 6.45) is 0. The number of nitrogens with one attached hydrogen (secondary N) is 1. The quantitative estimate of drug-likeness (QED) is 0.686. The van der Waals surface area contributed by atoms with E-state index >= 15 is 0 Å². The minimum atomic E-state index is 0.806. The van der Waals surface area contributed by atoms with Crippen molar-refractivity contribution in [1.82, 2.24) is 0 Å². The summed E-state index contributed by atoms with van der Waals surface area (Å²) in [4.78, 5) is 2.31. The van der Waals surface area contributed by atoms with Gasteiger partial charge in [-0.1, -0.05) is 42.5 Å². The van der Waals surface area contributed by atoms with Crippen LogP contribution in [0.3, 0.4) is 0 Å². The van der Waals surface area contributed by atoms with Crippen LogP contribution in [0.2, 0.25) is 0 Å². The number of rotatable bonds is 1. The fraction of sp³-hybridized carbons (Fsp3) is 0.0588. The Hall–Kier alpha value is -2.48. The van der Waals surface area contributed by atoms with Crippen molar-refractivity contribution in [3.63, 3.8) is 0 Å². The maximum atomic E-state index is 3.50. The van der Waals surface area contributed by atoms with Gasteiger partial charge in [0.25, 0.3) is 0 Å². The second-order valence-corrected chi connectivity index (χ2v) is 4.78. The van der Waals surface area contributed by atoms with Crippen LogP contribution in [-0.4, -0.2) is 6.67 Å². The Morgan fingerprint density at radius 2 is 1.58 bits per heavy atom. The smallest absolute Gasteiger partial charge is 0.0925 e. The number of anilines is 3. The second-order valence-electron chi connectivity index (χ2n) is 4.78. The normalized spacial score (nSPS) is 13.4. The van der Waals surface area contributed by atoms with Gasteiger partial charge in [0.2, 0.25) is 0 Å². The van der Waals surface area contributed by atoms with Crippen molar-refractivity contribution in [2.45, 2.75) is 0 Å². The molecule has 3 aromatic rings. The van der Waals surface area contributed by atoms with Gasteiger partial charge in [-0.05, 0) is 29.7 Å². The van der Waals surface area contributed by atoms with Gasteiger partial charge in [-0.3, -0.25) is 0 Å². The number of benzene rings is 3. The van der Waals surface area contributed by atoms with E-state index in [2.05, 4.69) is 76.9 Å². The molecular formula is C17H14N2. The van der Waals surface area contributed by atoms with Gasteiger partial charge in [-0.25, -0.2) is 0 Å². The molecular weight excluding hydrogens is 232 g/mol. The van der Waals surface area contributed by atoms with E-state index in [1.165, 1.54) is 27.8 Å². The topological polar surface area (TPSA) is 15.3 Å². The molecule has 2 nitrogen and oxygen atoms in total. The standard InChI is InChI=1S/C17H14N2/c1-2-8-14(9-3-1)19-12-18-15-10-4-6-13-7-5-11-16(19)17(13)15/h1-11,18H,12H2. The molecule has 0 bridgehead atoms. The van der Waals surface area contributed by atoms with Crippen LogP contribution in [0.15, 0.2) is 66.7 Å². The van der Waals surface area contributed by atoms with Crippen molar-refractivity contribution in [2.24, 2.45) is 0 Å². The van der Waals surface area contributed by atoms with Crippen molar-refractivity contribution < 1.29 is 0 Å². The highest BCUT2D eigenvalue weighted by molar-refractivity contribution is 6.06. The second kappa shape index (κ2) is 4.02. The lowest BCUT2D eigenvalue weighted by molar-refractivity contribution is 1.03. The van der Waals surface area contributed by atoms with Crippen LogP contribution in [0.25, 0.3) is 10.8 Å². The van der Waals surface area contributed by atoms with E-state index in [0.717, 1.165) is 6.67 Å². The highest BCUT2D eigenvalue weighted by atomic mass is 15.2. The van der Waals surface area contributed by atoms with Crippen LogP contribution in [0.4, 0.5) is 17.1 Å². The lowest BCUT2D eigenvalue weighted by Gasteiger charge is -2.32. The number of para-hydroxylation sites is 1. The molecule has 0 unspecified atom stereocenters. The molecule has 0 radical (unpaired) electrons. The van der Waals surface area contributed by atoms with E-state index in [-0.39, 0.29) is 0 Å². The predicted molar refractivity (Wildman–Crippen MR) is 81.0 cm³/mol. The van der Waals surface area contributed by atoms with Crippen molar-refractivity contribution in [3.8, 4) is 0 Å². The van der Waals surface area contributed by atoms with Gasteiger partial charge >= 0.3 is 0 Å². The van der Waals surface area contributed by atoms with Crippen molar-refractivity contribution >= 4 is 27.8 Å². The van der Waals surface area contributed by atoms with Gasteiger partial charge in [0.15, 0.2) is 0 Å². The van der Waals surface area contributed by atoms with Gasteiger partial charge in [0.1, 0.15) is 0 Å². The van der Waals surface area contributed by atoms with Gasteiger partial charge in [0.05, 0.1) is 12.4 Å². The van der Waals surface area contributed by atoms with E-state index in [9.17, 15) is 0 Å². The molecule has 1 aliphatic heterocycles. The largest absolute Gasteiger partial charge is 0.367 e. The Morgan fingerprint density at radius 3 is 2.42 bits per heavy atom. The van der Waals surface area contributed by atoms with Crippen molar-refractivity contribution in [2.75, 3.05) is 16.9 Å². The first-order valence-electron chi connectivity index (χ1n) is 6.52. The lowest BCUT2D eigenvalue weighted by atomic mass is 10.0. The number of nitrogens with zero attached hydrogens (tertiary/aromatic N) is 1. The summed E-state index contributed by atoms with van der Waals surface area (Å²) in [5.74, 6) is 0. The van der Waals surface area contributed by atoms with Crippen LogP contribution in [0, 0.1) is 0 Å². The molecule has 4 rings (SSSR count). The van der Waals surface area contributed by atoms with Gasteiger partial charge < -0.3 is 10.2 Å². The first-order valence-corrected chi connectivity index (χ1v) is 6.52. The summed E-state index contributed by atoms with van der Waals surface area (Å²) in [7, 11) is 0. The summed E-state index contributed by atoms with van der Waals surface area (Å²) in [6, 6.07) is 23.4. The minimum absolute atomic E-state index is 0.806. The van der Waals surface area contributed by atoms with Crippen LogP contribution in [0.5, 0.6) is 0 Å². The molecule has 1 N–H and O–H groups in total. The Bertz CT molecular complexity index is 729. The minimum Gasteiger partial charge on any atom is -0.367 e. The van der Waals surface area contributed by atoms with Crippen LogP contribution >= 0.6 is 0 Å². The van der Waals surface area contributed by atoms with Crippen molar-refractivity contribution in [1.29, 1.82) is 0 Å². The van der Waals surface area contributed by atoms with E-state index in [0.29, 0.717) is 0 Å². The Kier molecular flexibility index (Phi) is 2.21. The number of hydrogen-bond donors (Lipinski definition) is 1. The van der Waals surface area contributed by atoms with Crippen LogP contribution < -0.4 is 10.2 Å². The fourth-order valence-electron chi connectivity index (χ4n) is 2.78. The van der Waals surface area contributed by atoms with E-state index in [1.807, 2.05) is 0 Å². The predicted octanol–water partition coefficient (Wildman–Crippen LogP) is 4.36. The summed E-state index contributed by atoms with van der Waals surface area (Å²) >= 11 is 0. The lowest BCUT2D eigenvalue weighted by Crippen LogP contribution is -2.28. The third-order valence-electron chi connectivity index (χ3n) is 3.67. The van der Waals surface area contributed by atoms with E-state index < -0.39 is 0 Å². The highest BCUT2D eigenvalue weighted by Gasteiger charge is 2.18. The zero-order valence-electron chi connectivity index (χ0n) is 10.5. The maximum Gasteiger partial charge on any atom is 0.0925 e. The molecule has 19 heavy (non-hydrogen) atoms. The maximum absolute atomic E-state index is 3.50. The molecule has 0 spiro atoms. The molecule has 0 saturated heterocycles. The highest BCUT2D eigenvalue weighted by Crippen LogP contribution is 2.39. The Morgan fingerprint density at radius 1 is 0.789 bits per heavy atom. The molecule has 0 fully saturated rings. The summed E-state index contributed by atoms with van der Waals surface area (Å²) < 4.78 is 0. The molecule has 0 saturated carbocycles. The fourth-order valence-corrected chi connectivity index (χ4v) is 2.78. The Labute approximate surface area is 112 Å². The van der Waals surface area contributed by atoms with Gasteiger partial charge in [0, 0.05) is 16.8 Å². The van der Waals surface area contributed by atoms with E-state index in [4.69, 9.17) is 0 Å². The first kappa shape index (κ1) is 10.4.